The maximum Gasteiger partial charge on any atom is 0.127 e. The van der Waals surface area contributed by atoms with Gasteiger partial charge in [0.2, 0.25) is 0 Å². The lowest BCUT2D eigenvalue weighted by atomic mass is 9.79. The minimum atomic E-state index is 0.137. The molecule has 1 fully saturated rings. The number of hydrogen-bond acceptors (Lipinski definition) is 3. The Morgan fingerprint density at radius 3 is 2.53 bits per heavy atom. The molecule has 94 valence electrons. The van der Waals surface area contributed by atoms with Crippen molar-refractivity contribution in [2.45, 2.75) is 32.2 Å². The van der Waals surface area contributed by atoms with Crippen LogP contribution in [0.1, 0.15) is 32.3 Å². The van der Waals surface area contributed by atoms with Crippen LogP contribution in [-0.2, 0) is 5.54 Å². The monoisotopic (exact) mass is 233 g/mol. The third kappa shape index (κ3) is 2.16. The molecule has 1 unspecified atom stereocenters. The van der Waals surface area contributed by atoms with Crippen molar-refractivity contribution in [1.29, 1.82) is 0 Å². The lowest BCUT2D eigenvalue weighted by molar-refractivity contribution is 0.276. The summed E-state index contributed by atoms with van der Waals surface area (Å²) in [6.07, 6.45) is 4.51. The second-order valence-corrected chi connectivity index (χ2v) is 5.46. The molecule has 1 aromatic rings. The molecular weight excluding hydrogens is 210 g/mol. The summed E-state index contributed by atoms with van der Waals surface area (Å²) in [5, 5.41) is 3.68. The van der Waals surface area contributed by atoms with Gasteiger partial charge in [0, 0.05) is 25.8 Å². The summed E-state index contributed by atoms with van der Waals surface area (Å²) in [6, 6.07) is 4.33. The summed E-state index contributed by atoms with van der Waals surface area (Å²) >= 11 is 0. The van der Waals surface area contributed by atoms with E-state index in [0.717, 1.165) is 12.4 Å². The normalized spacial score (nSPS) is 24.3. The van der Waals surface area contributed by atoms with Gasteiger partial charge in [0.25, 0.3) is 0 Å². The van der Waals surface area contributed by atoms with Crippen LogP contribution in [0.2, 0.25) is 0 Å². The molecule has 2 heterocycles. The number of nitrogens with zero attached hydrogens (tertiary/aromatic N) is 2. The summed E-state index contributed by atoms with van der Waals surface area (Å²) < 4.78 is 0. The summed E-state index contributed by atoms with van der Waals surface area (Å²) in [7, 11) is 4.04. The van der Waals surface area contributed by atoms with Crippen molar-refractivity contribution in [2.75, 3.05) is 25.5 Å². The molecule has 3 heteroatoms. The number of anilines is 1. The third-order valence-corrected chi connectivity index (χ3v) is 3.90. The SMILES string of the molecule is CC(C)C1(c2ccc(N(C)C)nc2)CCCN1. The molecule has 0 aromatic carbocycles. The average molecular weight is 233 g/mol. The lowest BCUT2D eigenvalue weighted by Gasteiger charge is -2.34. The van der Waals surface area contributed by atoms with E-state index in [1.54, 1.807) is 0 Å². The molecule has 0 saturated carbocycles. The fourth-order valence-electron chi connectivity index (χ4n) is 2.75. The number of rotatable bonds is 3. The number of pyridine rings is 1. The molecule has 1 N–H and O–H groups in total. The van der Waals surface area contributed by atoms with E-state index < -0.39 is 0 Å². The van der Waals surface area contributed by atoms with Crippen LogP contribution in [0, 0.1) is 5.92 Å². The highest BCUT2D eigenvalue weighted by molar-refractivity contribution is 5.39. The van der Waals surface area contributed by atoms with Gasteiger partial charge in [-0.15, -0.1) is 0 Å². The van der Waals surface area contributed by atoms with Crippen molar-refractivity contribution in [3.63, 3.8) is 0 Å². The quantitative estimate of drug-likeness (QED) is 0.869. The molecule has 0 spiro atoms. The Morgan fingerprint density at radius 2 is 2.12 bits per heavy atom. The number of nitrogens with one attached hydrogen (secondary N) is 1. The van der Waals surface area contributed by atoms with Crippen LogP contribution in [0.5, 0.6) is 0 Å². The zero-order chi connectivity index (χ0) is 12.5. The molecule has 1 aromatic heterocycles. The van der Waals surface area contributed by atoms with Gasteiger partial charge in [0.1, 0.15) is 5.82 Å². The predicted octanol–water partition coefficient (Wildman–Crippen LogP) is 2.38. The standard InChI is InChI=1S/C14H23N3/c1-11(2)14(8-5-9-16-14)12-6-7-13(15-10-12)17(3)4/h6-7,10-11,16H,5,8-9H2,1-4H3. The van der Waals surface area contributed by atoms with Gasteiger partial charge in [-0.2, -0.15) is 0 Å². The van der Waals surface area contributed by atoms with Gasteiger partial charge in [-0.05, 0) is 36.9 Å². The molecule has 0 amide bonds. The predicted molar refractivity (Wildman–Crippen MR) is 72.3 cm³/mol. The van der Waals surface area contributed by atoms with E-state index in [9.17, 15) is 0 Å². The van der Waals surface area contributed by atoms with E-state index in [2.05, 4.69) is 36.3 Å². The molecule has 1 aliphatic heterocycles. The molecule has 0 radical (unpaired) electrons. The fraction of sp³-hybridized carbons (Fsp3) is 0.643. The van der Waals surface area contributed by atoms with Crippen LogP contribution < -0.4 is 10.2 Å². The molecule has 3 nitrogen and oxygen atoms in total. The first kappa shape index (κ1) is 12.4. The molecule has 1 atom stereocenters. The Hall–Kier alpha value is -1.09. The second kappa shape index (κ2) is 4.65. The van der Waals surface area contributed by atoms with Crippen molar-refractivity contribution >= 4 is 5.82 Å². The van der Waals surface area contributed by atoms with Gasteiger partial charge >= 0.3 is 0 Å². The van der Waals surface area contributed by atoms with Crippen molar-refractivity contribution < 1.29 is 0 Å². The highest BCUT2D eigenvalue weighted by Gasteiger charge is 2.38. The Morgan fingerprint density at radius 1 is 1.35 bits per heavy atom. The van der Waals surface area contributed by atoms with E-state index in [1.807, 2.05) is 25.2 Å². The highest BCUT2D eigenvalue weighted by atomic mass is 15.1. The summed E-state index contributed by atoms with van der Waals surface area (Å²) in [5.41, 5.74) is 1.47. The van der Waals surface area contributed by atoms with E-state index in [4.69, 9.17) is 0 Å². The Balaban J connectivity index is 2.31. The first-order chi connectivity index (χ1) is 8.06. The first-order valence-corrected chi connectivity index (χ1v) is 6.45. The Kier molecular flexibility index (Phi) is 3.38. The van der Waals surface area contributed by atoms with E-state index in [0.29, 0.717) is 5.92 Å². The third-order valence-electron chi connectivity index (χ3n) is 3.90. The second-order valence-electron chi connectivity index (χ2n) is 5.46. The molecular formula is C14H23N3. The van der Waals surface area contributed by atoms with Crippen LogP contribution in [-0.4, -0.2) is 25.6 Å². The van der Waals surface area contributed by atoms with E-state index in [-0.39, 0.29) is 5.54 Å². The maximum absolute atomic E-state index is 4.54. The van der Waals surface area contributed by atoms with Gasteiger partial charge in [-0.3, -0.25) is 0 Å². The highest BCUT2D eigenvalue weighted by Crippen LogP contribution is 2.37. The first-order valence-electron chi connectivity index (χ1n) is 6.45. The van der Waals surface area contributed by atoms with Crippen LogP contribution >= 0.6 is 0 Å². The van der Waals surface area contributed by atoms with Gasteiger partial charge in [-0.1, -0.05) is 19.9 Å². The fourth-order valence-corrected chi connectivity index (χ4v) is 2.75. The summed E-state index contributed by atoms with van der Waals surface area (Å²) in [6.45, 7) is 5.70. The number of aromatic nitrogens is 1. The van der Waals surface area contributed by atoms with Crippen molar-refractivity contribution in [3.8, 4) is 0 Å². The zero-order valence-electron chi connectivity index (χ0n) is 11.3. The molecule has 17 heavy (non-hydrogen) atoms. The van der Waals surface area contributed by atoms with Gasteiger partial charge in [0.05, 0.1) is 0 Å². The minimum Gasteiger partial charge on any atom is -0.363 e. The Labute approximate surface area is 104 Å². The minimum absolute atomic E-state index is 0.137. The van der Waals surface area contributed by atoms with Crippen LogP contribution in [0.3, 0.4) is 0 Å². The maximum atomic E-state index is 4.54. The molecule has 1 saturated heterocycles. The zero-order valence-corrected chi connectivity index (χ0v) is 11.3. The van der Waals surface area contributed by atoms with Crippen LogP contribution in [0.4, 0.5) is 5.82 Å². The smallest absolute Gasteiger partial charge is 0.127 e. The van der Waals surface area contributed by atoms with Crippen molar-refractivity contribution in [2.24, 2.45) is 5.92 Å². The van der Waals surface area contributed by atoms with Crippen LogP contribution in [0.25, 0.3) is 0 Å². The molecule has 1 aliphatic rings. The van der Waals surface area contributed by atoms with Crippen molar-refractivity contribution in [1.82, 2.24) is 10.3 Å². The van der Waals surface area contributed by atoms with Crippen LogP contribution in [0.15, 0.2) is 18.3 Å². The topological polar surface area (TPSA) is 28.2 Å². The van der Waals surface area contributed by atoms with E-state index >= 15 is 0 Å². The molecule has 2 rings (SSSR count). The van der Waals surface area contributed by atoms with Gasteiger partial charge < -0.3 is 10.2 Å². The largest absolute Gasteiger partial charge is 0.363 e. The lowest BCUT2D eigenvalue weighted by Crippen LogP contribution is -2.41. The Bertz CT molecular complexity index is 362. The number of hydrogen-bond donors (Lipinski definition) is 1. The summed E-state index contributed by atoms with van der Waals surface area (Å²) in [4.78, 5) is 6.57. The molecule has 0 bridgehead atoms. The van der Waals surface area contributed by atoms with Gasteiger partial charge in [0.15, 0.2) is 0 Å². The molecule has 0 aliphatic carbocycles. The van der Waals surface area contributed by atoms with Gasteiger partial charge in [-0.25, -0.2) is 4.98 Å². The summed E-state index contributed by atoms with van der Waals surface area (Å²) in [5.74, 6) is 1.61. The average Bonchev–Trinajstić information content (AvgIpc) is 2.79. The van der Waals surface area contributed by atoms with E-state index in [1.165, 1.54) is 18.4 Å². The van der Waals surface area contributed by atoms with Crippen molar-refractivity contribution in [3.05, 3.63) is 23.9 Å².